The number of likely N-dealkylation sites (N-methyl/N-ethyl adjacent to an activating group) is 1. The average molecular weight is 397 g/mol. The van der Waals surface area contributed by atoms with Crippen LogP contribution in [0.1, 0.15) is 58.9 Å². The third-order valence-corrected chi connectivity index (χ3v) is 4.53. The van der Waals surface area contributed by atoms with Gasteiger partial charge in [-0.3, -0.25) is 9.59 Å². The minimum absolute atomic E-state index is 0.0150. The normalized spacial score (nSPS) is 14.1. The molecule has 0 aromatic heterocycles. The van der Waals surface area contributed by atoms with E-state index in [2.05, 4.69) is 17.6 Å². The van der Waals surface area contributed by atoms with Gasteiger partial charge in [0.15, 0.2) is 0 Å². The average Bonchev–Trinajstić information content (AvgIpc) is 2.70. The molecule has 1 amide bonds. The summed E-state index contributed by atoms with van der Waals surface area (Å²) in [6.45, 7) is 7.64. The summed E-state index contributed by atoms with van der Waals surface area (Å²) >= 11 is 0. The molecule has 7 heteroatoms. The van der Waals surface area contributed by atoms with Crippen LogP contribution >= 0.6 is 0 Å². The van der Waals surface area contributed by atoms with Crippen molar-refractivity contribution in [1.29, 1.82) is 0 Å². The van der Waals surface area contributed by atoms with Gasteiger partial charge in [0.05, 0.1) is 12.6 Å². The molecular weight excluding hydrogens is 360 g/mol. The number of aldehydes is 1. The molecule has 1 saturated carbocycles. The van der Waals surface area contributed by atoms with Crippen LogP contribution in [0, 0.1) is 5.41 Å². The SMILES string of the molecule is CC.CCC1(C=O)CCC1.CNC(C)C(=O)Nc1ccc(CO)cc1.O=CO. The minimum atomic E-state index is -0.250. The fourth-order valence-corrected chi connectivity index (χ4v) is 2.26. The quantitative estimate of drug-likeness (QED) is 0.549. The Labute approximate surface area is 168 Å². The van der Waals surface area contributed by atoms with Crippen LogP contribution in [0.3, 0.4) is 0 Å². The number of carbonyl (C=O) groups excluding carboxylic acids is 2. The van der Waals surface area contributed by atoms with E-state index in [-0.39, 0.29) is 30.4 Å². The van der Waals surface area contributed by atoms with Gasteiger partial charge < -0.3 is 25.6 Å². The number of amides is 1. The predicted octanol–water partition coefficient (Wildman–Crippen LogP) is 3.22. The number of hydrogen-bond acceptors (Lipinski definition) is 5. The molecule has 2 rings (SSSR count). The molecule has 7 nitrogen and oxygen atoms in total. The van der Waals surface area contributed by atoms with E-state index < -0.39 is 0 Å². The van der Waals surface area contributed by atoms with E-state index in [1.165, 1.54) is 6.42 Å². The van der Waals surface area contributed by atoms with Gasteiger partial charge in [-0.15, -0.1) is 0 Å². The zero-order chi connectivity index (χ0) is 22.0. The maximum absolute atomic E-state index is 11.5. The number of aliphatic hydroxyl groups excluding tert-OH is 1. The van der Waals surface area contributed by atoms with E-state index >= 15 is 0 Å². The molecule has 0 radical (unpaired) electrons. The van der Waals surface area contributed by atoms with Crippen LogP contribution in [0.15, 0.2) is 24.3 Å². The highest BCUT2D eigenvalue weighted by molar-refractivity contribution is 5.94. The number of aliphatic hydroxyl groups is 1. The molecule has 4 N–H and O–H groups in total. The standard InChI is InChI=1S/C11H16N2O2.C7H12O.C2H6.CH2O2/c1-8(12-2)11(15)13-10-5-3-9(7-14)4-6-10;1-2-7(6-8)4-3-5-7;1-2;2-1-3/h3-6,8,12,14H,7H2,1-2H3,(H,13,15);6H,2-5H2,1H3;1-2H3;1H,(H,2,3). The van der Waals surface area contributed by atoms with Gasteiger partial charge in [-0.1, -0.05) is 39.3 Å². The second kappa shape index (κ2) is 16.9. The number of nitrogens with one attached hydrogen (secondary N) is 2. The summed E-state index contributed by atoms with van der Waals surface area (Å²) in [5.41, 5.74) is 1.69. The molecule has 160 valence electrons. The first-order chi connectivity index (χ1) is 13.4. The smallest absolute Gasteiger partial charge is 0.290 e. The van der Waals surface area contributed by atoms with E-state index in [0.29, 0.717) is 0 Å². The Bertz CT molecular complexity index is 537. The van der Waals surface area contributed by atoms with Gasteiger partial charge in [-0.25, -0.2) is 0 Å². The molecule has 1 aliphatic carbocycles. The van der Waals surface area contributed by atoms with Crippen molar-refractivity contribution >= 4 is 24.4 Å². The van der Waals surface area contributed by atoms with Crippen LogP contribution in [0.25, 0.3) is 0 Å². The third-order valence-electron chi connectivity index (χ3n) is 4.53. The Morgan fingerprint density at radius 1 is 1.21 bits per heavy atom. The highest BCUT2D eigenvalue weighted by atomic mass is 16.3. The Hall–Kier alpha value is -2.25. The van der Waals surface area contributed by atoms with Crippen LogP contribution in [0.4, 0.5) is 5.69 Å². The van der Waals surface area contributed by atoms with Crippen molar-refractivity contribution in [3.63, 3.8) is 0 Å². The minimum Gasteiger partial charge on any atom is -0.483 e. The monoisotopic (exact) mass is 396 g/mol. The van der Waals surface area contributed by atoms with Crippen molar-refractivity contribution in [2.24, 2.45) is 5.41 Å². The van der Waals surface area contributed by atoms with Gasteiger partial charge in [0, 0.05) is 11.1 Å². The van der Waals surface area contributed by atoms with Crippen molar-refractivity contribution in [1.82, 2.24) is 5.32 Å². The molecule has 1 aromatic carbocycles. The van der Waals surface area contributed by atoms with E-state index in [1.54, 1.807) is 38.2 Å². The lowest BCUT2D eigenvalue weighted by Gasteiger charge is -2.35. The van der Waals surface area contributed by atoms with Gasteiger partial charge >= 0.3 is 0 Å². The maximum atomic E-state index is 11.5. The van der Waals surface area contributed by atoms with Gasteiger partial charge in [0.2, 0.25) is 5.91 Å². The highest BCUT2D eigenvalue weighted by Crippen LogP contribution is 2.41. The summed E-state index contributed by atoms with van der Waals surface area (Å²) in [5, 5.41) is 21.3. The van der Waals surface area contributed by atoms with Crippen molar-refractivity contribution in [2.45, 2.75) is 66.0 Å². The van der Waals surface area contributed by atoms with Crippen molar-refractivity contribution in [3.8, 4) is 0 Å². The van der Waals surface area contributed by atoms with Crippen molar-refractivity contribution < 1.29 is 24.6 Å². The fraction of sp³-hybridized carbons (Fsp3) is 0.571. The largest absolute Gasteiger partial charge is 0.483 e. The zero-order valence-corrected chi connectivity index (χ0v) is 17.7. The maximum Gasteiger partial charge on any atom is 0.290 e. The Morgan fingerprint density at radius 2 is 1.71 bits per heavy atom. The zero-order valence-electron chi connectivity index (χ0n) is 17.7. The Morgan fingerprint density at radius 3 is 1.96 bits per heavy atom. The molecule has 0 bridgehead atoms. The number of carbonyl (C=O) groups is 3. The predicted molar refractivity (Wildman–Crippen MR) is 112 cm³/mol. The summed E-state index contributed by atoms with van der Waals surface area (Å²) in [7, 11) is 1.74. The van der Waals surface area contributed by atoms with Gasteiger partial charge in [0.25, 0.3) is 6.47 Å². The summed E-state index contributed by atoms with van der Waals surface area (Å²) in [6.07, 6.45) is 5.69. The first-order valence-electron chi connectivity index (χ1n) is 9.64. The summed E-state index contributed by atoms with van der Waals surface area (Å²) in [5.74, 6) is -0.0748. The number of carboxylic acid groups (broad SMARTS) is 1. The molecule has 0 spiro atoms. The first-order valence-corrected chi connectivity index (χ1v) is 9.64. The lowest BCUT2D eigenvalue weighted by molar-refractivity contribution is -0.123. The molecular formula is C21H36N2O5. The lowest BCUT2D eigenvalue weighted by Crippen LogP contribution is -2.35. The Balaban J connectivity index is 0. The fourth-order valence-electron chi connectivity index (χ4n) is 2.26. The second-order valence-corrected chi connectivity index (χ2v) is 6.15. The van der Waals surface area contributed by atoms with Crippen LogP contribution in [-0.4, -0.2) is 42.0 Å². The summed E-state index contributed by atoms with van der Waals surface area (Å²) in [4.78, 5) is 30.2. The number of rotatable bonds is 6. The van der Waals surface area contributed by atoms with E-state index in [9.17, 15) is 9.59 Å². The molecule has 0 heterocycles. The van der Waals surface area contributed by atoms with Crippen molar-refractivity contribution in [2.75, 3.05) is 12.4 Å². The second-order valence-electron chi connectivity index (χ2n) is 6.15. The third kappa shape index (κ3) is 10.8. The number of anilines is 1. The number of hydrogen-bond donors (Lipinski definition) is 4. The van der Waals surface area contributed by atoms with Crippen LogP contribution < -0.4 is 10.6 Å². The molecule has 1 unspecified atom stereocenters. The molecule has 1 aromatic rings. The molecule has 1 fully saturated rings. The number of benzene rings is 1. The van der Waals surface area contributed by atoms with E-state index in [0.717, 1.165) is 36.8 Å². The molecule has 1 atom stereocenters. The Kier molecular flexibility index (Phi) is 16.9. The van der Waals surface area contributed by atoms with Crippen molar-refractivity contribution in [3.05, 3.63) is 29.8 Å². The van der Waals surface area contributed by atoms with Gasteiger partial charge in [-0.2, -0.15) is 0 Å². The summed E-state index contributed by atoms with van der Waals surface area (Å²) in [6, 6.07) is 6.87. The lowest BCUT2D eigenvalue weighted by atomic mass is 9.68. The summed E-state index contributed by atoms with van der Waals surface area (Å²) < 4.78 is 0. The van der Waals surface area contributed by atoms with Crippen LogP contribution in [0.2, 0.25) is 0 Å². The topological polar surface area (TPSA) is 116 Å². The molecule has 0 aliphatic heterocycles. The van der Waals surface area contributed by atoms with E-state index in [1.807, 2.05) is 13.8 Å². The van der Waals surface area contributed by atoms with Crippen LogP contribution in [-0.2, 0) is 21.0 Å². The van der Waals surface area contributed by atoms with Gasteiger partial charge in [0.1, 0.15) is 6.29 Å². The van der Waals surface area contributed by atoms with Gasteiger partial charge in [-0.05, 0) is 50.9 Å². The van der Waals surface area contributed by atoms with E-state index in [4.69, 9.17) is 15.0 Å². The van der Waals surface area contributed by atoms with Crippen LogP contribution in [0.5, 0.6) is 0 Å². The highest BCUT2D eigenvalue weighted by Gasteiger charge is 2.34. The molecule has 1 aliphatic rings. The molecule has 0 saturated heterocycles. The molecule has 28 heavy (non-hydrogen) atoms. The first kappa shape index (κ1) is 28.0.